The highest BCUT2D eigenvalue weighted by molar-refractivity contribution is 5.31. The third-order valence-electron chi connectivity index (χ3n) is 2.83. The zero-order valence-electron chi connectivity index (χ0n) is 10.5. The summed E-state index contributed by atoms with van der Waals surface area (Å²) < 4.78 is 0. The molecule has 18 heavy (non-hydrogen) atoms. The molecule has 0 atom stereocenters. The lowest BCUT2D eigenvalue weighted by molar-refractivity contribution is 0.319. The summed E-state index contributed by atoms with van der Waals surface area (Å²) in [6, 6.07) is 20.3. The molecule has 0 amide bonds. The van der Waals surface area contributed by atoms with E-state index >= 15 is 0 Å². The van der Waals surface area contributed by atoms with Gasteiger partial charge < -0.3 is 0 Å². The van der Waals surface area contributed by atoms with E-state index in [-0.39, 0.29) is 0 Å². The Bertz CT molecular complexity index is 523. The summed E-state index contributed by atoms with van der Waals surface area (Å²) in [5, 5.41) is 8.74. The second kappa shape index (κ2) is 6.00. The van der Waals surface area contributed by atoms with Gasteiger partial charge in [0.15, 0.2) is 0 Å². The van der Waals surface area contributed by atoms with Gasteiger partial charge in [-0.15, -0.1) is 0 Å². The number of benzene rings is 2. The molecule has 2 nitrogen and oxygen atoms in total. The van der Waals surface area contributed by atoms with Crippen LogP contribution in [-0.4, -0.2) is 11.9 Å². The van der Waals surface area contributed by atoms with E-state index in [1.54, 1.807) is 0 Å². The molecule has 0 bridgehead atoms. The van der Waals surface area contributed by atoms with Gasteiger partial charge in [0.1, 0.15) is 0 Å². The van der Waals surface area contributed by atoms with E-state index in [1.165, 1.54) is 11.1 Å². The van der Waals surface area contributed by atoms with Crippen LogP contribution in [0.2, 0.25) is 0 Å². The van der Waals surface area contributed by atoms with Crippen molar-refractivity contribution < 1.29 is 0 Å². The zero-order chi connectivity index (χ0) is 12.8. The van der Waals surface area contributed by atoms with Gasteiger partial charge in [-0.05, 0) is 30.3 Å². The normalized spacial score (nSPS) is 10.3. The predicted octanol–water partition coefficient (Wildman–Crippen LogP) is 3.19. The van der Waals surface area contributed by atoms with Crippen molar-refractivity contribution in [1.29, 1.82) is 5.26 Å². The minimum Gasteiger partial charge on any atom is -0.298 e. The number of hydrogen-bond acceptors (Lipinski definition) is 2. The van der Waals surface area contributed by atoms with Gasteiger partial charge in [0.25, 0.3) is 0 Å². The van der Waals surface area contributed by atoms with Crippen molar-refractivity contribution in [3.63, 3.8) is 0 Å². The Morgan fingerprint density at radius 3 is 2.00 bits per heavy atom. The molecule has 0 spiro atoms. The summed E-state index contributed by atoms with van der Waals surface area (Å²) in [6.45, 7) is 1.82. The summed E-state index contributed by atoms with van der Waals surface area (Å²) in [5.41, 5.74) is 3.26. The molecule has 2 aromatic rings. The van der Waals surface area contributed by atoms with Gasteiger partial charge in [0, 0.05) is 13.1 Å². The lowest BCUT2D eigenvalue weighted by Gasteiger charge is -2.16. The second-order valence-corrected chi connectivity index (χ2v) is 4.47. The Morgan fingerprint density at radius 1 is 0.889 bits per heavy atom. The van der Waals surface area contributed by atoms with Crippen molar-refractivity contribution in [1.82, 2.24) is 4.90 Å². The van der Waals surface area contributed by atoms with E-state index in [0.29, 0.717) is 5.56 Å². The first-order chi connectivity index (χ1) is 8.78. The molecule has 0 radical (unpaired) electrons. The number of nitriles is 1. The first-order valence-corrected chi connectivity index (χ1v) is 5.99. The van der Waals surface area contributed by atoms with Gasteiger partial charge in [0.2, 0.25) is 0 Å². The van der Waals surface area contributed by atoms with Gasteiger partial charge >= 0.3 is 0 Å². The van der Waals surface area contributed by atoms with E-state index in [0.717, 1.165) is 13.1 Å². The topological polar surface area (TPSA) is 27.0 Å². The van der Waals surface area contributed by atoms with Crippen LogP contribution in [0, 0.1) is 11.3 Å². The molecule has 0 aliphatic heterocycles. The van der Waals surface area contributed by atoms with Crippen molar-refractivity contribution in [2.45, 2.75) is 13.1 Å². The molecule has 0 heterocycles. The standard InChI is InChI=1S/C16H16N2/c1-18(12-15-5-3-2-4-6-15)13-16-9-7-14(11-17)8-10-16/h2-10H,12-13H2,1H3. The highest BCUT2D eigenvalue weighted by atomic mass is 15.1. The fourth-order valence-corrected chi connectivity index (χ4v) is 1.95. The fraction of sp³-hybridized carbons (Fsp3) is 0.188. The molecule has 0 saturated heterocycles. The molecule has 0 aliphatic carbocycles. The molecule has 0 aliphatic rings. The van der Waals surface area contributed by atoms with Crippen molar-refractivity contribution in [3.05, 3.63) is 71.3 Å². The Kier molecular flexibility index (Phi) is 4.11. The zero-order valence-corrected chi connectivity index (χ0v) is 10.5. The summed E-state index contributed by atoms with van der Waals surface area (Å²) >= 11 is 0. The van der Waals surface area contributed by atoms with E-state index in [9.17, 15) is 0 Å². The number of nitrogens with zero attached hydrogens (tertiary/aromatic N) is 2. The summed E-state index contributed by atoms with van der Waals surface area (Å²) in [4.78, 5) is 2.26. The average Bonchev–Trinajstić information content (AvgIpc) is 2.40. The van der Waals surface area contributed by atoms with Crippen LogP contribution in [0.4, 0.5) is 0 Å². The van der Waals surface area contributed by atoms with Crippen LogP contribution in [0.5, 0.6) is 0 Å². The van der Waals surface area contributed by atoms with E-state index < -0.39 is 0 Å². The Labute approximate surface area is 108 Å². The van der Waals surface area contributed by atoms with Gasteiger partial charge in [-0.2, -0.15) is 5.26 Å². The lowest BCUT2D eigenvalue weighted by atomic mass is 10.1. The molecule has 90 valence electrons. The number of rotatable bonds is 4. The van der Waals surface area contributed by atoms with Crippen LogP contribution in [0.25, 0.3) is 0 Å². The van der Waals surface area contributed by atoms with Crippen LogP contribution >= 0.6 is 0 Å². The van der Waals surface area contributed by atoms with Gasteiger partial charge in [-0.3, -0.25) is 4.90 Å². The number of hydrogen-bond donors (Lipinski definition) is 0. The monoisotopic (exact) mass is 236 g/mol. The smallest absolute Gasteiger partial charge is 0.0991 e. The third kappa shape index (κ3) is 3.44. The molecule has 0 fully saturated rings. The Hall–Kier alpha value is -2.11. The first-order valence-electron chi connectivity index (χ1n) is 5.99. The van der Waals surface area contributed by atoms with Crippen LogP contribution in [0.15, 0.2) is 54.6 Å². The minimum atomic E-state index is 0.712. The van der Waals surface area contributed by atoms with E-state index in [1.807, 2.05) is 30.3 Å². The molecule has 0 N–H and O–H groups in total. The maximum absolute atomic E-state index is 8.74. The molecule has 0 unspecified atom stereocenters. The maximum atomic E-state index is 8.74. The third-order valence-corrected chi connectivity index (χ3v) is 2.83. The summed E-state index contributed by atoms with van der Waals surface area (Å²) in [6.07, 6.45) is 0. The quantitative estimate of drug-likeness (QED) is 0.815. The Morgan fingerprint density at radius 2 is 1.44 bits per heavy atom. The van der Waals surface area contributed by atoms with Gasteiger partial charge in [0.05, 0.1) is 11.6 Å². The molecule has 0 aromatic heterocycles. The Balaban J connectivity index is 1.95. The highest BCUT2D eigenvalue weighted by Gasteiger charge is 2.01. The summed E-state index contributed by atoms with van der Waals surface area (Å²) in [7, 11) is 2.10. The first kappa shape index (κ1) is 12.3. The van der Waals surface area contributed by atoms with Gasteiger partial charge in [-0.1, -0.05) is 42.5 Å². The van der Waals surface area contributed by atoms with Crippen LogP contribution < -0.4 is 0 Å². The van der Waals surface area contributed by atoms with Crippen LogP contribution in [0.3, 0.4) is 0 Å². The average molecular weight is 236 g/mol. The molecular formula is C16H16N2. The van der Waals surface area contributed by atoms with Crippen LogP contribution in [0.1, 0.15) is 16.7 Å². The van der Waals surface area contributed by atoms with Crippen molar-refractivity contribution >= 4 is 0 Å². The highest BCUT2D eigenvalue weighted by Crippen LogP contribution is 2.09. The van der Waals surface area contributed by atoms with Gasteiger partial charge in [-0.25, -0.2) is 0 Å². The second-order valence-electron chi connectivity index (χ2n) is 4.47. The molecule has 0 saturated carbocycles. The molecule has 2 heteroatoms. The summed E-state index contributed by atoms with van der Waals surface area (Å²) in [5.74, 6) is 0. The van der Waals surface area contributed by atoms with E-state index in [4.69, 9.17) is 5.26 Å². The maximum Gasteiger partial charge on any atom is 0.0991 e. The molecule has 2 rings (SSSR count). The van der Waals surface area contributed by atoms with Crippen LogP contribution in [-0.2, 0) is 13.1 Å². The van der Waals surface area contributed by atoms with E-state index in [2.05, 4.69) is 42.3 Å². The fourth-order valence-electron chi connectivity index (χ4n) is 1.95. The van der Waals surface area contributed by atoms with Crippen molar-refractivity contribution in [2.75, 3.05) is 7.05 Å². The minimum absolute atomic E-state index is 0.712. The SMILES string of the molecule is CN(Cc1ccccc1)Cc1ccc(C#N)cc1. The lowest BCUT2D eigenvalue weighted by Crippen LogP contribution is -2.17. The largest absolute Gasteiger partial charge is 0.298 e. The van der Waals surface area contributed by atoms with Crippen molar-refractivity contribution in [2.24, 2.45) is 0 Å². The molecular weight excluding hydrogens is 220 g/mol. The van der Waals surface area contributed by atoms with Crippen molar-refractivity contribution in [3.8, 4) is 6.07 Å². The molecule has 2 aromatic carbocycles. The predicted molar refractivity (Wildman–Crippen MR) is 72.8 cm³/mol.